The molecule has 6 nitrogen and oxygen atoms in total. The molecular formula is C22H31N3O3. The number of unbranched alkanes of at least 4 members (excludes halogenated alkanes) is 1. The first kappa shape index (κ1) is 21.7. The van der Waals surface area contributed by atoms with Crippen LogP contribution in [0.1, 0.15) is 75.3 Å². The summed E-state index contributed by atoms with van der Waals surface area (Å²) < 4.78 is 0. The summed E-state index contributed by atoms with van der Waals surface area (Å²) >= 11 is 0. The molecule has 152 valence electrons. The lowest BCUT2D eigenvalue weighted by Crippen LogP contribution is -2.49. The van der Waals surface area contributed by atoms with E-state index in [1.165, 1.54) is 36.2 Å². The summed E-state index contributed by atoms with van der Waals surface area (Å²) in [5, 5.41) is 18.8. The molecule has 1 amide bonds. The first-order valence-electron chi connectivity index (χ1n) is 9.83. The van der Waals surface area contributed by atoms with Gasteiger partial charge in [-0.05, 0) is 55.7 Å². The fourth-order valence-electron chi connectivity index (χ4n) is 3.08. The molecule has 0 aliphatic rings. The van der Waals surface area contributed by atoms with Crippen LogP contribution in [0, 0.1) is 0 Å². The molecular weight excluding hydrogens is 354 g/mol. The zero-order valence-electron chi connectivity index (χ0n) is 17.2. The Labute approximate surface area is 166 Å². The van der Waals surface area contributed by atoms with Crippen LogP contribution < -0.4 is 5.32 Å². The van der Waals surface area contributed by atoms with Gasteiger partial charge in [-0.2, -0.15) is 5.10 Å². The van der Waals surface area contributed by atoms with Crippen molar-refractivity contribution in [3.63, 3.8) is 0 Å². The first-order chi connectivity index (χ1) is 13.2. The molecule has 6 heteroatoms. The number of carbonyl (C=O) groups excluding carboxylic acids is 1. The zero-order chi connectivity index (χ0) is 20.7. The van der Waals surface area contributed by atoms with E-state index in [0.717, 1.165) is 25.7 Å². The largest absolute Gasteiger partial charge is 0.480 e. The highest BCUT2D eigenvalue weighted by molar-refractivity contribution is 5.86. The molecule has 0 bridgehead atoms. The van der Waals surface area contributed by atoms with E-state index in [2.05, 4.69) is 53.6 Å². The number of aryl methyl sites for hydroxylation is 1. The third kappa shape index (κ3) is 6.22. The van der Waals surface area contributed by atoms with Gasteiger partial charge in [0.2, 0.25) is 5.91 Å². The molecule has 1 heterocycles. The van der Waals surface area contributed by atoms with Crippen LogP contribution in [0.2, 0.25) is 0 Å². The molecule has 0 atom stereocenters. The summed E-state index contributed by atoms with van der Waals surface area (Å²) in [4.78, 5) is 22.9. The highest BCUT2D eigenvalue weighted by atomic mass is 16.4. The van der Waals surface area contributed by atoms with Crippen LogP contribution in [0.5, 0.6) is 0 Å². The number of benzene rings is 1. The molecule has 0 aliphatic carbocycles. The Morgan fingerprint density at radius 1 is 1.14 bits per heavy atom. The van der Waals surface area contributed by atoms with E-state index < -0.39 is 11.5 Å². The minimum atomic E-state index is -1.22. The number of carboxylic acids is 1. The molecule has 0 spiro atoms. The summed E-state index contributed by atoms with van der Waals surface area (Å²) in [7, 11) is 0. The lowest BCUT2D eigenvalue weighted by atomic mass is 9.98. The Hall–Kier alpha value is -2.63. The molecule has 0 radical (unpaired) electrons. The summed E-state index contributed by atoms with van der Waals surface area (Å²) in [6.07, 6.45) is 5.63. The number of hydrogen-bond acceptors (Lipinski definition) is 3. The topological polar surface area (TPSA) is 95.1 Å². The van der Waals surface area contributed by atoms with Gasteiger partial charge in [-0.3, -0.25) is 9.89 Å². The third-order valence-electron chi connectivity index (χ3n) is 4.85. The maximum absolute atomic E-state index is 11.9. The molecule has 0 unspecified atom stereocenters. The molecule has 0 fully saturated rings. The summed E-state index contributed by atoms with van der Waals surface area (Å²) in [5.41, 5.74) is 3.69. The Bertz CT molecular complexity index is 792. The van der Waals surface area contributed by atoms with Crippen LogP contribution in [0.25, 0.3) is 0 Å². The number of amides is 1. The number of nitrogens with one attached hydrogen (secondary N) is 2. The number of H-pyrrole nitrogens is 1. The SMILES string of the molecule is CC(C)c1[nH]ncc1Cc1ccc(CCCCC(=O)NC(C)(C)C(=O)O)cc1. The molecule has 28 heavy (non-hydrogen) atoms. The first-order valence-corrected chi connectivity index (χ1v) is 9.83. The van der Waals surface area contributed by atoms with Crippen molar-refractivity contribution in [3.05, 3.63) is 52.8 Å². The summed E-state index contributed by atoms with van der Waals surface area (Å²) in [5.74, 6) is -0.823. The maximum Gasteiger partial charge on any atom is 0.328 e. The highest BCUT2D eigenvalue weighted by Gasteiger charge is 2.28. The number of aromatic amines is 1. The highest BCUT2D eigenvalue weighted by Crippen LogP contribution is 2.20. The van der Waals surface area contributed by atoms with Gasteiger partial charge in [0, 0.05) is 18.5 Å². The Kier molecular flexibility index (Phi) is 7.38. The van der Waals surface area contributed by atoms with Crippen molar-refractivity contribution in [1.82, 2.24) is 15.5 Å². The molecule has 3 N–H and O–H groups in total. The number of carbonyl (C=O) groups is 2. The quantitative estimate of drug-likeness (QED) is 0.542. The second kappa shape index (κ2) is 9.53. The lowest BCUT2D eigenvalue weighted by molar-refractivity contribution is -0.146. The zero-order valence-corrected chi connectivity index (χ0v) is 17.2. The van der Waals surface area contributed by atoms with Crippen LogP contribution in [0.3, 0.4) is 0 Å². The van der Waals surface area contributed by atoms with Crippen molar-refractivity contribution in [3.8, 4) is 0 Å². The van der Waals surface area contributed by atoms with Gasteiger partial charge in [0.1, 0.15) is 5.54 Å². The Morgan fingerprint density at radius 2 is 1.79 bits per heavy atom. The molecule has 0 aliphatic heterocycles. The van der Waals surface area contributed by atoms with E-state index in [-0.39, 0.29) is 5.91 Å². The number of rotatable bonds is 10. The maximum atomic E-state index is 11.9. The molecule has 2 aromatic rings. The predicted molar refractivity (Wildman–Crippen MR) is 109 cm³/mol. The van der Waals surface area contributed by atoms with Crippen LogP contribution in [-0.2, 0) is 22.4 Å². The number of nitrogens with zero attached hydrogens (tertiary/aromatic N) is 1. The minimum Gasteiger partial charge on any atom is -0.480 e. The number of aromatic nitrogens is 2. The van der Waals surface area contributed by atoms with Gasteiger partial charge in [0.05, 0.1) is 6.20 Å². The summed E-state index contributed by atoms with van der Waals surface area (Å²) in [6.45, 7) is 7.29. The second-order valence-electron chi connectivity index (χ2n) is 8.14. The fraction of sp³-hybridized carbons (Fsp3) is 0.500. The van der Waals surface area contributed by atoms with Gasteiger partial charge in [-0.15, -0.1) is 0 Å². The average molecular weight is 386 g/mol. The van der Waals surface area contributed by atoms with Crippen molar-refractivity contribution in [1.29, 1.82) is 0 Å². The number of aliphatic carboxylic acids is 1. The Balaban J connectivity index is 1.76. The van der Waals surface area contributed by atoms with Gasteiger partial charge in [-0.1, -0.05) is 38.1 Å². The van der Waals surface area contributed by atoms with E-state index in [9.17, 15) is 9.59 Å². The van der Waals surface area contributed by atoms with Crippen LogP contribution >= 0.6 is 0 Å². The van der Waals surface area contributed by atoms with Gasteiger partial charge < -0.3 is 10.4 Å². The molecule has 0 saturated heterocycles. The molecule has 2 rings (SSSR count). The number of hydrogen-bond donors (Lipinski definition) is 3. The number of carboxylic acid groups (broad SMARTS) is 1. The minimum absolute atomic E-state index is 0.219. The van der Waals surface area contributed by atoms with E-state index in [4.69, 9.17) is 5.11 Å². The molecule has 0 saturated carbocycles. The normalized spacial score (nSPS) is 11.6. The van der Waals surface area contributed by atoms with Crippen molar-refractivity contribution >= 4 is 11.9 Å². The van der Waals surface area contributed by atoms with E-state index in [1.807, 2.05) is 6.20 Å². The smallest absolute Gasteiger partial charge is 0.328 e. The van der Waals surface area contributed by atoms with E-state index in [1.54, 1.807) is 0 Å². The van der Waals surface area contributed by atoms with Crippen molar-refractivity contribution in [2.75, 3.05) is 0 Å². The Morgan fingerprint density at radius 3 is 2.39 bits per heavy atom. The van der Waals surface area contributed by atoms with Gasteiger partial charge >= 0.3 is 5.97 Å². The van der Waals surface area contributed by atoms with Gasteiger partial charge in [0.25, 0.3) is 0 Å². The average Bonchev–Trinajstić information content (AvgIpc) is 3.08. The van der Waals surface area contributed by atoms with Crippen molar-refractivity contribution in [2.24, 2.45) is 0 Å². The third-order valence-corrected chi connectivity index (χ3v) is 4.85. The molecule has 1 aromatic carbocycles. The monoisotopic (exact) mass is 385 g/mol. The van der Waals surface area contributed by atoms with Crippen LogP contribution in [0.15, 0.2) is 30.5 Å². The van der Waals surface area contributed by atoms with Crippen molar-refractivity contribution < 1.29 is 14.7 Å². The summed E-state index contributed by atoms with van der Waals surface area (Å²) in [6, 6.07) is 8.57. The fourth-order valence-corrected chi connectivity index (χ4v) is 3.08. The molecule has 1 aromatic heterocycles. The lowest BCUT2D eigenvalue weighted by Gasteiger charge is -2.20. The van der Waals surface area contributed by atoms with Gasteiger partial charge in [0.15, 0.2) is 0 Å². The second-order valence-corrected chi connectivity index (χ2v) is 8.14. The van der Waals surface area contributed by atoms with Crippen molar-refractivity contribution in [2.45, 2.75) is 71.3 Å². The van der Waals surface area contributed by atoms with Crippen LogP contribution in [0.4, 0.5) is 0 Å². The van der Waals surface area contributed by atoms with Gasteiger partial charge in [-0.25, -0.2) is 4.79 Å². The van der Waals surface area contributed by atoms with E-state index in [0.29, 0.717) is 12.3 Å². The van der Waals surface area contributed by atoms with Crippen LogP contribution in [-0.4, -0.2) is 32.7 Å². The predicted octanol–water partition coefficient (Wildman–Crippen LogP) is 3.82. The standard InChI is InChI=1S/C22H31N3O3/c1-15(2)20-18(14-23-25-20)13-17-11-9-16(10-12-17)7-5-6-8-19(26)24-22(3,4)21(27)28/h9-12,14-15H,5-8,13H2,1-4H3,(H,23,25)(H,24,26)(H,27,28). The van der Waals surface area contributed by atoms with E-state index >= 15 is 0 Å².